The average Bonchev–Trinajstić information content (AvgIpc) is 3.29. The lowest BCUT2D eigenvalue weighted by Gasteiger charge is -2.20. The molecule has 4 aromatic rings. The van der Waals surface area contributed by atoms with E-state index in [0.29, 0.717) is 99.4 Å². The molecule has 4 N–H and O–H groups in total. The molecule has 0 fully saturated rings. The third-order valence-electron chi connectivity index (χ3n) is 9.62. The molecule has 0 saturated carbocycles. The molecule has 0 unspecified atom stereocenters. The molecule has 18 heteroatoms. The molecule has 3 aromatic carbocycles. The fourth-order valence-corrected chi connectivity index (χ4v) is 6.36. The van der Waals surface area contributed by atoms with Gasteiger partial charge in [-0.25, -0.2) is 4.79 Å². The van der Waals surface area contributed by atoms with Crippen LogP contribution in [0.25, 0.3) is 11.0 Å². The second-order valence-corrected chi connectivity index (χ2v) is 14.3. The lowest BCUT2D eigenvalue weighted by Crippen LogP contribution is -2.41. The van der Waals surface area contributed by atoms with E-state index in [1.165, 1.54) is 6.07 Å². The SMILES string of the molecule is Cc1cc(=O)oc2c(OCC#CCN3CCNC(=O)COc4ccccc4OCC(=O)NCC3)c(OCC#CCN3CCNC(=O)COc4ccccc4OCC(=O)NCC3)ccc12. The normalized spacial score (nSPS) is 16.2. The quantitative estimate of drug-likeness (QED) is 0.157. The Kier molecular flexibility index (Phi) is 17.5. The molecule has 6 rings (SSSR count). The van der Waals surface area contributed by atoms with Crippen LogP contribution in [0.5, 0.6) is 34.5 Å². The summed E-state index contributed by atoms with van der Waals surface area (Å²) in [6.07, 6.45) is 0. The standard InChI is InChI=1S/C46H50N6O12/c1-33-28-44(57)64-45-34(33)14-15-39(58-26-8-6-20-51-22-16-47-40(53)29-60-35-10-2-3-11-36(35)61-30-41(54)48-17-23-51)46(45)59-27-9-7-21-52-24-18-49-42(55)31-62-37-12-4-5-13-38(37)63-32-43(56)50-19-25-52/h2-5,10-15,28H,16-27,29-32H2,1H3,(H,47,53)(H,48,54)(H,49,55)(H,50,56). The highest BCUT2D eigenvalue weighted by molar-refractivity contribution is 5.88. The Labute approximate surface area is 369 Å². The van der Waals surface area contributed by atoms with Gasteiger partial charge in [-0.3, -0.25) is 29.0 Å². The van der Waals surface area contributed by atoms with Crippen LogP contribution in [0, 0.1) is 30.6 Å². The molecule has 2 aliphatic rings. The van der Waals surface area contributed by atoms with Gasteiger partial charge in [0.2, 0.25) is 5.75 Å². The fourth-order valence-electron chi connectivity index (χ4n) is 6.36. The van der Waals surface area contributed by atoms with E-state index in [0.717, 1.165) is 0 Å². The van der Waals surface area contributed by atoms with E-state index in [4.69, 9.17) is 32.8 Å². The van der Waals surface area contributed by atoms with Crippen molar-refractivity contribution in [3.05, 3.63) is 82.7 Å². The van der Waals surface area contributed by atoms with Gasteiger partial charge in [-0.15, -0.1) is 0 Å². The van der Waals surface area contributed by atoms with Gasteiger partial charge >= 0.3 is 5.63 Å². The largest absolute Gasteiger partial charge is 0.480 e. The molecule has 0 saturated heterocycles. The molecule has 0 spiro atoms. The van der Waals surface area contributed by atoms with Gasteiger partial charge in [-0.05, 0) is 48.9 Å². The van der Waals surface area contributed by atoms with Gasteiger partial charge in [0.05, 0.1) is 13.1 Å². The first-order valence-electron chi connectivity index (χ1n) is 20.7. The number of fused-ring (bicyclic) bond motifs is 3. The van der Waals surface area contributed by atoms with Crippen LogP contribution >= 0.6 is 0 Å². The van der Waals surface area contributed by atoms with E-state index in [1.54, 1.807) is 67.6 Å². The maximum absolute atomic E-state index is 12.5. The third-order valence-corrected chi connectivity index (χ3v) is 9.62. The van der Waals surface area contributed by atoms with Crippen LogP contribution < -0.4 is 55.3 Å². The number of para-hydroxylation sites is 4. The molecule has 0 bridgehead atoms. The van der Waals surface area contributed by atoms with Gasteiger partial charge in [0.15, 0.2) is 60.8 Å². The van der Waals surface area contributed by atoms with Crippen LogP contribution in [0.2, 0.25) is 0 Å². The second-order valence-electron chi connectivity index (χ2n) is 14.3. The molecule has 1 aromatic heterocycles. The van der Waals surface area contributed by atoms with Crippen molar-refractivity contribution < 1.29 is 52.0 Å². The predicted molar refractivity (Wildman–Crippen MR) is 234 cm³/mol. The van der Waals surface area contributed by atoms with Gasteiger partial charge in [0.1, 0.15) is 13.2 Å². The van der Waals surface area contributed by atoms with Crippen LogP contribution in [-0.4, -0.2) is 139 Å². The topological polar surface area (TPSA) is 208 Å². The monoisotopic (exact) mass is 878 g/mol. The summed E-state index contributed by atoms with van der Waals surface area (Å²) in [7, 11) is 0. The zero-order chi connectivity index (χ0) is 44.9. The van der Waals surface area contributed by atoms with Crippen molar-refractivity contribution in [1.82, 2.24) is 31.1 Å². The summed E-state index contributed by atoms with van der Waals surface area (Å²) in [4.78, 5) is 66.4. The minimum atomic E-state index is -0.553. The number of amides is 4. The van der Waals surface area contributed by atoms with E-state index >= 15 is 0 Å². The highest BCUT2D eigenvalue weighted by Gasteiger charge is 2.17. The molecule has 0 radical (unpaired) electrons. The number of aryl methyl sites for hydroxylation is 1. The first-order chi connectivity index (χ1) is 31.2. The number of nitrogens with one attached hydrogen (secondary N) is 4. The van der Waals surface area contributed by atoms with Gasteiger partial charge in [0.25, 0.3) is 23.6 Å². The Morgan fingerprint density at radius 3 is 1.38 bits per heavy atom. The summed E-state index contributed by atoms with van der Waals surface area (Å²) in [6, 6.07) is 18.5. The van der Waals surface area contributed by atoms with Gasteiger partial charge in [-0.2, -0.15) is 0 Å². The fraction of sp³-hybridized carbons (Fsp3) is 0.370. The van der Waals surface area contributed by atoms with Crippen molar-refractivity contribution in [3.8, 4) is 58.2 Å². The summed E-state index contributed by atoms with van der Waals surface area (Å²) in [5.74, 6) is 12.9. The molecule has 336 valence electrons. The van der Waals surface area contributed by atoms with Gasteiger partial charge in [0, 0.05) is 63.8 Å². The number of nitrogens with zero attached hydrogens (tertiary/aromatic N) is 2. The molecule has 18 nitrogen and oxygen atoms in total. The van der Waals surface area contributed by atoms with Crippen LogP contribution in [0.15, 0.2) is 75.9 Å². The van der Waals surface area contributed by atoms with Crippen molar-refractivity contribution in [2.24, 2.45) is 0 Å². The number of hydrogen-bond donors (Lipinski definition) is 4. The Morgan fingerprint density at radius 2 is 0.953 bits per heavy atom. The number of ether oxygens (including phenoxy) is 6. The summed E-state index contributed by atoms with van der Waals surface area (Å²) >= 11 is 0. The summed E-state index contributed by atoms with van der Waals surface area (Å²) < 4.78 is 40.2. The van der Waals surface area contributed by atoms with Gasteiger partial charge < -0.3 is 54.1 Å². The van der Waals surface area contributed by atoms with E-state index in [2.05, 4.69) is 44.9 Å². The highest BCUT2D eigenvalue weighted by Crippen LogP contribution is 2.36. The number of hydrogen-bond acceptors (Lipinski definition) is 14. The predicted octanol–water partition coefficient (Wildman–Crippen LogP) is 0.877. The lowest BCUT2D eigenvalue weighted by atomic mass is 10.1. The van der Waals surface area contributed by atoms with Crippen molar-refractivity contribution >= 4 is 34.6 Å². The smallest absolute Gasteiger partial charge is 0.336 e. The molecule has 4 amide bonds. The van der Waals surface area contributed by atoms with Crippen molar-refractivity contribution in [2.75, 3.05) is 105 Å². The molecule has 0 atom stereocenters. The third kappa shape index (κ3) is 14.6. The zero-order valence-electron chi connectivity index (χ0n) is 35.5. The number of benzene rings is 3. The summed E-state index contributed by atoms with van der Waals surface area (Å²) in [5.41, 5.74) is 0.343. The van der Waals surface area contributed by atoms with E-state index in [-0.39, 0.29) is 80.4 Å². The molecule has 64 heavy (non-hydrogen) atoms. The zero-order valence-corrected chi connectivity index (χ0v) is 35.5. The lowest BCUT2D eigenvalue weighted by molar-refractivity contribution is -0.124. The van der Waals surface area contributed by atoms with Crippen molar-refractivity contribution in [3.63, 3.8) is 0 Å². The van der Waals surface area contributed by atoms with E-state index < -0.39 is 5.63 Å². The Hall–Kier alpha value is -7.41. The van der Waals surface area contributed by atoms with Crippen LogP contribution in [0.4, 0.5) is 0 Å². The number of rotatable bonds is 6. The minimum absolute atomic E-state index is 0.0344. The average molecular weight is 879 g/mol. The number of carbonyl (C=O) groups is 4. The second kappa shape index (κ2) is 24.3. The van der Waals surface area contributed by atoms with E-state index in [1.807, 2.05) is 9.80 Å². The Morgan fingerprint density at radius 1 is 0.547 bits per heavy atom. The van der Waals surface area contributed by atoms with Crippen LogP contribution in [0.1, 0.15) is 5.56 Å². The number of carbonyl (C=O) groups excluding carboxylic acids is 4. The van der Waals surface area contributed by atoms with Crippen LogP contribution in [0.3, 0.4) is 0 Å². The van der Waals surface area contributed by atoms with Crippen molar-refractivity contribution in [1.29, 1.82) is 0 Å². The van der Waals surface area contributed by atoms with E-state index in [9.17, 15) is 24.0 Å². The minimum Gasteiger partial charge on any atom is -0.480 e. The molecular formula is C46H50N6O12. The summed E-state index contributed by atoms with van der Waals surface area (Å²) in [5, 5.41) is 12.0. The van der Waals surface area contributed by atoms with Crippen molar-refractivity contribution in [2.45, 2.75) is 6.92 Å². The Bertz CT molecular complexity index is 2360. The first kappa shape index (κ1) is 46.1. The Balaban J connectivity index is 1.04. The molecule has 2 aliphatic heterocycles. The molecule has 0 aliphatic carbocycles. The van der Waals surface area contributed by atoms with Crippen LogP contribution in [-0.2, 0) is 19.2 Å². The molecular weight excluding hydrogens is 829 g/mol. The highest BCUT2D eigenvalue weighted by atomic mass is 16.5. The molecule has 3 heterocycles. The maximum atomic E-state index is 12.5. The first-order valence-corrected chi connectivity index (χ1v) is 20.7. The van der Waals surface area contributed by atoms with Gasteiger partial charge in [-0.1, -0.05) is 47.9 Å². The summed E-state index contributed by atoms with van der Waals surface area (Å²) in [6.45, 7) is 4.51. The maximum Gasteiger partial charge on any atom is 0.336 e.